The Labute approximate surface area is 106 Å². The van der Waals surface area contributed by atoms with Gasteiger partial charge >= 0.3 is 0 Å². The van der Waals surface area contributed by atoms with E-state index in [9.17, 15) is 5.11 Å². The number of aliphatic hydroxyl groups is 1. The molecule has 2 unspecified atom stereocenters. The summed E-state index contributed by atoms with van der Waals surface area (Å²) in [6, 6.07) is 0.819. The van der Waals surface area contributed by atoms with Gasteiger partial charge < -0.3 is 5.11 Å². The first-order valence-electron chi connectivity index (χ1n) is 7.66. The van der Waals surface area contributed by atoms with Crippen LogP contribution in [0.1, 0.15) is 58.8 Å². The van der Waals surface area contributed by atoms with E-state index >= 15 is 0 Å². The molecule has 2 fully saturated rings. The molecule has 0 bridgehead atoms. The Balaban J connectivity index is 1.83. The second-order valence-corrected chi connectivity index (χ2v) is 6.10. The van der Waals surface area contributed by atoms with Crippen LogP contribution in [0.15, 0.2) is 0 Å². The summed E-state index contributed by atoms with van der Waals surface area (Å²) in [7, 11) is 0. The minimum Gasteiger partial charge on any atom is -0.393 e. The first-order chi connectivity index (χ1) is 8.24. The van der Waals surface area contributed by atoms with Crippen LogP contribution >= 0.6 is 0 Å². The number of nitrogens with zero attached hydrogens (tertiary/aromatic N) is 1. The van der Waals surface area contributed by atoms with Gasteiger partial charge in [-0.05, 0) is 50.4 Å². The zero-order valence-corrected chi connectivity index (χ0v) is 11.6. The van der Waals surface area contributed by atoms with E-state index in [0.29, 0.717) is 5.92 Å². The molecule has 1 aliphatic heterocycles. The molecule has 1 heterocycles. The average Bonchev–Trinajstić information content (AvgIpc) is 2.39. The largest absolute Gasteiger partial charge is 0.393 e. The molecule has 2 atom stereocenters. The number of rotatable bonds is 3. The number of hydrogen-bond donors (Lipinski definition) is 1. The van der Waals surface area contributed by atoms with E-state index in [2.05, 4.69) is 18.7 Å². The highest BCUT2D eigenvalue weighted by Gasteiger charge is 2.32. The minimum atomic E-state index is -0.0387. The van der Waals surface area contributed by atoms with Crippen LogP contribution in [-0.2, 0) is 0 Å². The summed E-state index contributed by atoms with van der Waals surface area (Å²) in [5.74, 6) is 1.51. The Kier molecular flexibility index (Phi) is 4.87. The maximum atomic E-state index is 9.94. The molecule has 0 amide bonds. The second kappa shape index (κ2) is 6.19. The molecule has 2 rings (SSSR count). The van der Waals surface area contributed by atoms with E-state index in [1.807, 2.05) is 0 Å². The SMILES string of the molecule is CCC1CCC(N2CCC(O)C(CC)C2)CC1. The summed E-state index contributed by atoms with van der Waals surface area (Å²) >= 11 is 0. The van der Waals surface area contributed by atoms with Crippen molar-refractivity contribution in [1.82, 2.24) is 4.90 Å². The molecule has 2 nitrogen and oxygen atoms in total. The molecule has 2 aliphatic rings. The van der Waals surface area contributed by atoms with Gasteiger partial charge in [0.2, 0.25) is 0 Å². The first-order valence-corrected chi connectivity index (χ1v) is 7.66. The second-order valence-electron chi connectivity index (χ2n) is 6.10. The molecule has 1 aliphatic carbocycles. The quantitative estimate of drug-likeness (QED) is 0.818. The van der Waals surface area contributed by atoms with E-state index in [1.165, 1.54) is 32.1 Å². The van der Waals surface area contributed by atoms with Crippen LogP contribution < -0.4 is 0 Å². The van der Waals surface area contributed by atoms with Crippen LogP contribution in [0.2, 0.25) is 0 Å². The van der Waals surface area contributed by atoms with Crippen LogP contribution in [0.3, 0.4) is 0 Å². The number of hydrogen-bond acceptors (Lipinski definition) is 2. The van der Waals surface area contributed by atoms with Gasteiger partial charge in [0.05, 0.1) is 6.10 Å². The van der Waals surface area contributed by atoms with Gasteiger partial charge in [-0.15, -0.1) is 0 Å². The molecule has 0 aromatic heterocycles. The molecule has 1 saturated carbocycles. The molecule has 0 spiro atoms. The molecule has 0 aromatic rings. The zero-order chi connectivity index (χ0) is 12.3. The highest BCUT2D eigenvalue weighted by atomic mass is 16.3. The van der Waals surface area contributed by atoms with Crippen molar-refractivity contribution in [3.8, 4) is 0 Å². The lowest BCUT2D eigenvalue weighted by Crippen LogP contribution is -2.48. The minimum absolute atomic E-state index is 0.0387. The lowest BCUT2D eigenvalue weighted by molar-refractivity contribution is -0.00164. The molecule has 17 heavy (non-hydrogen) atoms. The topological polar surface area (TPSA) is 23.5 Å². The molecule has 1 saturated heterocycles. The van der Waals surface area contributed by atoms with E-state index in [-0.39, 0.29) is 6.10 Å². The van der Waals surface area contributed by atoms with Crippen LogP contribution in [-0.4, -0.2) is 35.2 Å². The van der Waals surface area contributed by atoms with Crippen molar-refractivity contribution in [1.29, 1.82) is 0 Å². The van der Waals surface area contributed by atoms with E-state index < -0.39 is 0 Å². The number of aliphatic hydroxyl groups excluding tert-OH is 1. The predicted octanol–water partition coefficient (Wildman–Crippen LogP) is 3.05. The summed E-state index contributed by atoms with van der Waals surface area (Å²) in [6.45, 7) is 6.80. The zero-order valence-electron chi connectivity index (χ0n) is 11.6. The Morgan fingerprint density at radius 3 is 2.29 bits per heavy atom. The van der Waals surface area contributed by atoms with Crippen molar-refractivity contribution in [2.24, 2.45) is 11.8 Å². The smallest absolute Gasteiger partial charge is 0.0592 e. The molecule has 0 radical (unpaired) electrons. The van der Waals surface area contributed by atoms with Crippen LogP contribution in [0.4, 0.5) is 0 Å². The van der Waals surface area contributed by atoms with Gasteiger partial charge in [0, 0.05) is 19.1 Å². The van der Waals surface area contributed by atoms with Gasteiger partial charge in [0.15, 0.2) is 0 Å². The highest BCUT2D eigenvalue weighted by Crippen LogP contribution is 2.32. The lowest BCUT2D eigenvalue weighted by Gasteiger charge is -2.43. The Morgan fingerprint density at radius 2 is 1.71 bits per heavy atom. The van der Waals surface area contributed by atoms with Gasteiger partial charge in [0.25, 0.3) is 0 Å². The van der Waals surface area contributed by atoms with Crippen molar-refractivity contribution in [2.45, 2.75) is 70.9 Å². The molecule has 1 N–H and O–H groups in total. The fourth-order valence-corrected chi connectivity index (χ4v) is 3.70. The summed E-state index contributed by atoms with van der Waals surface area (Å²) in [5.41, 5.74) is 0. The van der Waals surface area contributed by atoms with Crippen LogP contribution in [0, 0.1) is 11.8 Å². The summed E-state index contributed by atoms with van der Waals surface area (Å²) in [5, 5.41) is 9.94. The predicted molar refractivity (Wildman–Crippen MR) is 72.0 cm³/mol. The first kappa shape index (κ1) is 13.4. The van der Waals surface area contributed by atoms with Gasteiger partial charge in [-0.3, -0.25) is 4.90 Å². The Bertz CT molecular complexity index is 223. The number of piperidine rings is 1. The van der Waals surface area contributed by atoms with Gasteiger partial charge in [-0.2, -0.15) is 0 Å². The fraction of sp³-hybridized carbons (Fsp3) is 1.00. The Hall–Kier alpha value is -0.0800. The maximum absolute atomic E-state index is 9.94. The Morgan fingerprint density at radius 1 is 1.00 bits per heavy atom. The van der Waals surface area contributed by atoms with E-state index in [1.54, 1.807) is 0 Å². The molecule has 2 heteroatoms. The normalized spacial score (nSPS) is 40.4. The summed E-state index contributed by atoms with van der Waals surface area (Å²) < 4.78 is 0. The monoisotopic (exact) mass is 239 g/mol. The molecule has 100 valence electrons. The molecule has 0 aromatic carbocycles. The standard InChI is InChI=1S/C15H29NO/c1-3-12-5-7-14(8-6-12)16-10-9-15(17)13(4-2)11-16/h12-15,17H,3-11H2,1-2H3. The molecular formula is C15H29NO. The third-order valence-corrected chi connectivity index (χ3v) is 5.16. The van der Waals surface area contributed by atoms with Crippen molar-refractivity contribution < 1.29 is 5.11 Å². The maximum Gasteiger partial charge on any atom is 0.0592 e. The van der Waals surface area contributed by atoms with Crippen molar-refractivity contribution >= 4 is 0 Å². The van der Waals surface area contributed by atoms with Crippen molar-refractivity contribution in [3.05, 3.63) is 0 Å². The van der Waals surface area contributed by atoms with E-state index in [4.69, 9.17) is 0 Å². The summed E-state index contributed by atoms with van der Waals surface area (Å²) in [6.07, 6.45) is 9.09. The highest BCUT2D eigenvalue weighted by molar-refractivity contribution is 4.86. The van der Waals surface area contributed by atoms with Gasteiger partial charge in [0.1, 0.15) is 0 Å². The fourth-order valence-electron chi connectivity index (χ4n) is 3.70. The average molecular weight is 239 g/mol. The van der Waals surface area contributed by atoms with E-state index in [0.717, 1.165) is 37.9 Å². The number of likely N-dealkylation sites (tertiary alicyclic amines) is 1. The van der Waals surface area contributed by atoms with Gasteiger partial charge in [-0.1, -0.05) is 20.3 Å². The third-order valence-electron chi connectivity index (χ3n) is 5.16. The van der Waals surface area contributed by atoms with Crippen molar-refractivity contribution in [2.75, 3.05) is 13.1 Å². The van der Waals surface area contributed by atoms with Crippen molar-refractivity contribution in [3.63, 3.8) is 0 Å². The van der Waals surface area contributed by atoms with Gasteiger partial charge in [-0.25, -0.2) is 0 Å². The molecular weight excluding hydrogens is 210 g/mol. The summed E-state index contributed by atoms with van der Waals surface area (Å²) in [4.78, 5) is 2.67. The lowest BCUT2D eigenvalue weighted by atomic mass is 9.82. The third kappa shape index (κ3) is 3.23. The van der Waals surface area contributed by atoms with Crippen LogP contribution in [0.5, 0.6) is 0 Å². The van der Waals surface area contributed by atoms with Crippen LogP contribution in [0.25, 0.3) is 0 Å².